The Kier molecular flexibility index (Phi) is 3.88. The van der Waals surface area contributed by atoms with Crippen molar-refractivity contribution in [3.63, 3.8) is 0 Å². The van der Waals surface area contributed by atoms with Crippen molar-refractivity contribution in [2.24, 2.45) is 0 Å². The summed E-state index contributed by atoms with van der Waals surface area (Å²) < 4.78 is 25.5. The summed E-state index contributed by atoms with van der Waals surface area (Å²) in [6.07, 6.45) is 0. The van der Waals surface area contributed by atoms with E-state index in [9.17, 15) is 8.42 Å². The van der Waals surface area contributed by atoms with Gasteiger partial charge in [0.05, 0.1) is 5.25 Å². The fourth-order valence-electron chi connectivity index (χ4n) is 1.17. The molecule has 0 spiro atoms. The summed E-state index contributed by atoms with van der Waals surface area (Å²) in [4.78, 5) is 0. The zero-order valence-electron chi connectivity index (χ0n) is 9.32. The monoisotopic (exact) mass is 227 g/mol. The van der Waals surface area contributed by atoms with Crippen LogP contribution >= 0.6 is 0 Å². The largest absolute Gasteiger partial charge is 0.214 e. The van der Waals surface area contributed by atoms with Crippen LogP contribution in [0.25, 0.3) is 0 Å². The van der Waals surface area contributed by atoms with E-state index < -0.39 is 10.0 Å². The van der Waals surface area contributed by atoms with Crippen molar-refractivity contribution in [3.05, 3.63) is 35.4 Å². The third-order valence-corrected chi connectivity index (χ3v) is 3.97. The maximum atomic E-state index is 11.5. The van der Waals surface area contributed by atoms with Crippen LogP contribution in [0.15, 0.2) is 24.3 Å². The molecule has 0 heterocycles. The van der Waals surface area contributed by atoms with Crippen LogP contribution in [-0.2, 0) is 16.6 Å². The first-order chi connectivity index (χ1) is 6.92. The Labute approximate surface area is 91.6 Å². The number of sulfonamides is 1. The van der Waals surface area contributed by atoms with Gasteiger partial charge in [-0.25, -0.2) is 13.1 Å². The first-order valence-electron chi connectivity index (χ1n) is 4.96. The summed E-state index contributed by atoms with van der Waals surface area (Å²) in [5, 5.41) is -0.387. The number of aryl methyl sites for hydroxylation is 1. The SMILES string of the molecule is Cc1cccc(CNS(=O)(=O)C(C)C)c1. The highest BCUT2D eigenvalue weighted by molar-refractivity contribution is 7.90. The van der Waals surface area contributed by atoms with E-state index in [-0.39, 0.29) is 5.25 Å². The zero-order valence-corrected chi connectivity index (χ0v) is 10.1. The van der Waals surface area contributed by atoms with Crippen molar-refractivity contribution in [2.75, 3.05) is 0 Å². The smallest absolute Gasteiger partial charge is 0.212 e. The summed E-state index contributed by atoms with van der Waals surface area (Å²) in [7, 11) is -3.16. The van der Waals surface area contributed by atoms with E-state index in [1.165, 1.54) is 0 Å². The van der Waals surface area contributed by atoms with Gasteiger partial charge in [0.15, 0.2) is 0 Å². The lowest BCUT2D eigenvalue weighted by atomic mass is 10.1. The lowest BCUT2D eigenvalue weighted by Crippen LogP contribution is -2.30. The third-order valence-electron chi connectivity index (χ3n) is 2.18. The molecule has 0 aromatic heterocycles. The van der Waals surface area contributed by atoms with Gasteiger partial charge in [0.2, 0.25) is 10.0 Å². The fourth-order valence-corrected chi connectivity index (χ4v) is 1.87. The van der Waals surface area contributed by atoms with Crippen molar-refractivity contribution < 1.29 is 8.42 Å². The molecule has 0 amide bonds. The second-order valence-corrected chi connectivity index (χ2v) is 6.23. The van der Waals surface area contributed by atoms with Crippen LogP contribution in [-0.4, -0.2) is 13.7 Å². The van der Waals surface area contributed by atoms with E-state index in [2.05, 4.69) is 4.72 Å². The Bertz CT molecular complexity index is 424. The molecule has 0 saturated carbocycles. The van der Waals surface area contributed by atoms with Gasteiger partial charge in [0.25, 0.3) is 0 Å². The second-order valence-electron chi connectivity index (χ2n) is 3.90. The molecule has 4 heteroatoms. The summed E-state index contributed by atoms with van der Waals surface area (Å²) in [5.74, 6) is 0. The van der Waals surface area contributed by atoms with Crippen LogP contribution in [0.2, 0.25) is 0 Å². The van der Waals surface area contributed by atoms with Gasteiger partial charge < -0.3 is 0 Å². The first kappa shape index (κ1) is 12.2. The number of nitrogens with one attached hydrogen (secondary N) is 1. The van der Waals surface area contributed by atoms with Gasteiger partial charge in [-0.1, -0.05) is 29.8 Å². The van der Waals surface area contributed by atoms with Crippen molar-refractivity contribution in [1.82, 2.24) is 4.72 Å². The topological polar surface area (TPSA) is 46.2 Å². The maximum absolute atomic E-state index is 11.5. The predicted octanol–water partition coefficient (Wildman–Crippen LogP) is 1.82. The molecule has 0 radical (unpaired) electrons. The molecule has 1 aromatic rings. The minimum Gasteiger partial charge on any atom is -0.212 e. The average Bonchev–Trinajstić information content (AvgIpc) is 2.15. The van der Waals surface area contributed by atoms with Crippen molar-refractivity contribution in [1.29, 1.82) is 0 Å². The molecule has 84 valence electrons. The quantitative estimate of drug-likeness (QED) is 0.853. The first-order valence-corrected chi connectivity index (χ1v) is 6.50. The molecule has 0 fully saturated rings. The summed E-state index contributed by atoms with van der Waals surface area (Å²) in [6.45, 7) is 5.68. The van der Waals surface area contributed by atoms with E-state index in [1.54, 1.807) is 13.8 Å². The van der Waals surface area contributed by atoms with Crippen molar-refractivity contribution in [2.45, 2.75) is 32.6 Å². The van der Waals surface area contributed by atoms with E-state index in [1.807, 2.05) is 31.2 Å². The maximum Gasteiger partial charge on any atom is 0.214 e. The van der Waals surface area contributed by atoms with E-state index in [0.717, 1.165) is 11.1 Å². The number of hydrogen-bond donors (Lipinski definition) is 1. The molecule has 1 rings (SSSR count). The van der Waals surface area contributed by atoms with Crippen molar-refractivity contribution in [3.8, 4) is 0 Å². The lowest BCUT2D eigenvalue weighted by Gasteiger charge is -2.09. The molecular formula is C11H17NO2S. The third kappa shape index (κ3) is 3.64. The summed E-state index contributed by atoms with van der Waals surface area (Å²) in [5.41, 5.74) is 2.12. The van der Waals surface area contributed by atoms with Crippen LogP contribution in [0.1, 0.15) is 25.0 Å². The molecule has 0 atom stereocenters. The van der Waals surface area contributed by atoms with Gasteiger partial charge >= 0.3 is 0 Å². The molecule has 0 unspecified atom stereocenters. The van der Waals surface area contributed by atoms with Crippen LogP contribution in [0.5, 0.6) is 0 Å². The highest BCUT2D eigenvalue weighted by atomic mass is 32.2. The molecule has 0 aliphatic carbocycles. The van der Waals surface area contributed by atoms with Gasteiger partial charge in [-0.3, -0.25) is 0 Å². The fraction of sp³-hybridized carbons (Fsp3) is 0.455. The van der Waals surface area contributed by atoms with Crippen molar-refractivity contribution >= 4 is 10.0 Å². The van der Waals surface area contributed by atoms with Gasteiger partial charge in [0.1, 0.15) is 0 Å². The van der Waals surface area contributed by atoms with Gasteiger partial charge in [-0.2, -0.15) is 0 Å². The minimum atomic E-state index is -3.16. The number of hydrogen-bond acceptors (Lipinski definition) is 2. The molecular weight excluding hydrogens is 210 g/mol. The number of benzene rings is 1. The summed E-state index contributed by atoms with van der Waals surface area (Å²) >= 11 is 0. The Morgan fingerprint density at radius 2 is 2.00 bits per heavy atom. The predicted molar refractivity (Wildman–Crippen MR) is 62.1 cm³/mol. The van der Waals surface area contributed by atoms with E-state index in [0.29, 0.717) is 6.54 Å². The molecule has 15 heavy (non-hydrogen) atoms. The van der Waals surface area contributed by atoms with Gasteiger partial charge in [-0.05, 0) is 26.3 Å². The molecule has 0 aliphatic heterocycles. The van der Waals surface area contributed by atoms with Crippen LogP contribution < -0.4 is 4.72 Å². The van der Waals surface area contributed by atoms with E-state index >= 15 is 0 Å². The molecule has 0 bridgehead atoms. The number of rotatable bonds is 4. The highest BCUT2D eigenvalue weighted by Crippen LogP contribution is 2.05. The van der Waals surface area contributed by atoms with Gasteiger partial charge in [0, 0.05) is 6.54 Å². The lowest BCUT2D eigenvalue weighted by molar-refractivity contribution is 0.572. The molecule has 1 N–H and O–H groups in total. The Balaban J connectivity index is 2.66. The average molecular weight is 227 g/mol. The Morgan fingerprint density at radius 3 is 2.53 bits per heavy atom. The molecule has 0 aliphatic rings. The van der Waals surface area contributed by atoms with Gasteiger partial charge in [-0.15, -0.1) is 0 Å². The normalized spacial score (nSPS) is 12.0. The zero-order chi connectivity index (χ0) is 11.5. The highest BCUT2D eigenvalue weighted by Gasteiger charge is 2.14. The standard InChI is InChI=1S/C11H17NO2S/c1-9(2)15(13,14)12-8-11-6-4-5-10(3)7-11/h4-7,9,12H,8H2,1-3H3. The van der Waals surface area contributed by atoms with Crippen LogP contribution in [0.3, 0.4) is 0 Å². The Morgan fingerprint density at radius 1 is 1.33 bits per heavy atom. The molecule has 1 aromatic carbocycles. The van der Waals surface area contributed by atoms with E-state index in [4.69, 9.17) is 0 Å². The molecule has 3 nitrogen and oxygen atoms in total. The van der Waals surface area contributed by atoms with Crippen LogP contribution in [0.4, 0.5) is 0 Å². The second kappa shape index (κ2) is 4.77. The Hall–Kier alpha value is -0.870. The molecule has 0 saturated heterocycles. The van der Waals surface area contributed by atoms with Crippen LogP contribution in [0, 0.1) is 6.92 Å². The summed E-state index contributed by atoms with van der Waals surface area (Å²) in [6, 6.07) is 7.80. The minimum absolute atomic E-state index is 0.363.